The summed E-state index contributed by atoms with van der Waals surface area (Å²) in [6.07, 6.45) is 3.35. The number of amides is 1. The van der Waals surface area contributed by atoms with Crippen molar-refractivity contribution in [2.75, 3.05) is 39.3 Å². The van der Waals surface area contributed by atoms with Gasteiger partial charge in [0.25, 0.3) is 11.6 Å². The lowest BCUT2D eigenvalue weighted by Crippen LogP contribution is -2.49. The number of aryl methyl sites for hydroxylation is 1. The van der Waals surface area contributed by atoms with E-state index < -0.39 is 0 Å². The Morgan fingerprint density at radius 1 is 1.23 bits per heavy atom. The van der Waals surface area contributed by atoms with Crippen molar-refractivity contribution in [3.05, 3.63) is 23.0 Å². The highest BCUT2D eigenvalue weighted by molar-refractivity contribution is 6.06. The highest BCUT2D eigenvalue weighted by atomic mass is 16.5. The van der Waals surface area contributed by atoms with Crippen LogP contribution < -0.4 is 5.32 Å². The normalized spacial score (nSPS) is 24.5. The van der Waals surface area contributed by atoms with E-state index in [0.29, 0.717) is 17.7 Å². The fraction of sp³-hybridized carbons (Fsp3) is 0.632. The van der Waals surface area contributed by atoms with E-state index in [4.69, 9.17) is 4.52 Å². The van der Waals surface area contributed by atoms with Crippen molar-refractivity contribution in [3.8, 4) is 0 Å². The lowest BCUT2D eigenvalue weighted by molar-refractivity contribution is 0.0775. The van der Waals surface area contributed by atoms with Crippen LogP contribution in [-0.2, 0) is 0 Å². The number of fused-ring (bicyclic) bond motifs is 1. The molecule has 138 valence electrons. The fourth-order valence-corrected chi connectivity index (χ4v) is 4.31. The van der Waals surface area contributed by atoms with Crippen LogP contribution in [0.3, 0.4) is 0 Å². The third kappa shape index (κ3) is 2.79. The van der Waals surface area contributed by atoms with Crippen molar-refractivity contribution in [2.45, 2.75) is 38.1 Å². The summed E-state index contributed by atoms with van der Waals surface area (Å²) in [5.41, 5.74) is 2.95. The number of pyridine rings is 1. The Balaban J connectivity index is 1.42. The van der Waals surface area contributed by atoms with Crippen LogP contribution in [-0.4, -0.2) is 71.2 Å². The lowest BCUT2D eigenvalue weighted by atomic mass is 10.1. The van der Waals surface area contributed by atoms with Gasteiger partial charge >= 0.3 is 0 Å². The Hall–Kier alpha value is -1.99. The summed E-state index contributed by atoms with van der Waals surface area (Å²) in [4.78, 5) is 22.5. The zero-order valence-electron chi connectivity index (χ0n) is 15.2. The van der Waals surface area contributed by atoms with Crippen LogP contribution in [0, 0.1) is 6.92 Å². The summed E-state index contributed by atoms with van der Waals surface area (Å²) in [6.45, 7) is 7.74. The molecule has 7 heteroatoms. The van der Waals surface area contributed by atoms with Crippen molar-refractivity contribution >= 4 is 17.0 Å². The second-order valence-corrected chi connectivity index (χ2v) is 7.80. The molecular formula is C19H25N5O2. The topological polar surface area (TPSA) is 74.5 Å². The van der Waals surface area contributed by atoms with Gasteiger partial charge in [-0.25, -0.2) is 4.98 Å². The molecule has 0 bridgehead atoms. The van der Waals surface area contributed by atoms with E-state index in [1.807, 2.05) is 17.9 Å². The van der Waals surface area contributed by atoms with E-state index in [0.717, 1.165) is 80.9 Å². The third-order valence-corrected chi connectivity index (χ3v) is 5.98. The molecule has 1 unspecified atom stereocenters. The highest BCUT2D eigenvalue weighted by Gasteiger charge is 2.34. The third-order valence-electron chi connectivity index (χ3n) is 5.98. The number of hydrogen-bond acceptors (Lipinski definition) is 6. The van der Waals surface area contributed by atoms with Gasteiger partial charge in [0.05, 0.1) is 16.6 Å². The molecule has 0 aromatic carbocycles. The quantitative estimate of drug-likeness (QED) is 0.900. The molecule has 1 saturated carbocycles. The molecule has 2 aromatic rings. The molecule has 3 aliphatic rings. The number of rotatable bonds is 3. The molecule has 1 N–H and O–H groups in total. The van der Waals surface area contributed by atoms with E-state index >= 15 is 0 Å². The minimum absolute atomic E-state index is 0.100. The van der Waals surface area contributed by atoms with Gasteiger partial charge in [0.15, 0.2) is 0 Å². The SMILES string of the molecule is Cc1noc2nc(C3CC3)cc(C(=O)N3CCC(N4CCNCC4)C3)c12. The summed E-state index contributed by atoms with van der Waals surface area (Å²) >= 11 is 0. The molecule has 26 heavy (non-hydrogen) atoms. The predicted octanol–water partition coefficient (Wildman–Crippen LogP) is 1.53. The number of aromatic nitrogens is 2. The van der Waals surface area contributed by atoms with Gasteiger partial charge in [-0.1, -0.05) is 5.16 Å². The number of piperazine rings is 1. The Kier molecular flexibility index (Phi) is 3.94. The molecule has 4 heterocycles. The number of carbonyl (C=O) groups is 1. The first kappa shape index (κ1) is 16.2. The van der Waals surface area contributed by atoms with E-state index in [-0.39, 0.29) is 5.91 Å². The van der Waals surface area contributed by atoms with Crippen molar-refractivity contribution in [3.63, 3.8) is 0 Å². The molecule has 1 amide bonds. The van der Waals surface area contributed by atoms with Crippen molar-refractivity contribution in [2.24, 2.45) is 0 Å². The van der Waals surface area contributed by atoms with Crippen LogP contribution in [0.15, 0.2) is 10.6 Å². The van der Waals surface area contributed by atoms with E-state index in [2.05, 4.69) is 20.4 Å². The molecule has 2 aromatic heterocycles. The predicted molar refractivity (Wildman–Crippen MR) is 97.3 cm³/mol. The maximum atomic E-state index is 13.3. The van der Waals surface area contributed by atoms with Gasteiger partial charge in [-0.3, -0.25) is 9.69 Å². The first-order chi connectivity index (χ1) is 12.7. The molecule has 7 nitrogen and oxygen atoms in total. The number of carbonyl (C=O) groups excluding carboxylic acids is 1. The van der Waals surface area contributed by atoms with Gasteiger partial charge in [-0.2, -0.15) is 0 Å². The molecule has 1 aliphatic carbocycles. The minimum atomic E-state index is 0.100. The molecule has 3 fully saturated rings. The van der Waals surface area contributed by atoms with Crippen LogP contribution in [0.1, 0.15) is 46.9 Å². The zero-order valence-corrected chi connectivity index (χ0v) is 15.2. The standard InChI is InChI=1S/C19H25N5O2/c1-12-17-15(10-16(13-2-3-13)21-18(17)26-22-12)19(25)24-7-4-14(11-24)23-8-5-20-6-9-23/h10,13-14,20H,2-9,11H2,1H3. The average Bonchev–Trinajstić information content (AvgIpc) is 3.30. The Morgan fingerprint density at radius 2 is 2.04 bits per heavy atom. The highest BCUT2D eigenvalue weighted by Crippen LogP contribution is 2.40. The second-order valence-electron chi connectivity index (χ2n) is 7.80. The van der Waals surface area contributed by atoms with E-state index in [1.165, 1.54) is 0 Å². The summed E-state index contributed by atoms with van der Waals surface area (Å²) in [5.74, 6) is 0.576. The number of likely N-dealkylation sites (tertiary alicyclic amines) is 1. The summed E-state index contributed by atoms with van der Waals surface area (Å²) in [5, 5.41) is 8.23. The summed E-state index contributed by atoms with van der Waals surface area (Å²) in [6, 6.07) is 2.47. The van der Waals surface area contributed by atoms with Crippen molar-refractivity contribution < 1.29 is 9.32 Å². The fourth-order valence-electron chi connectivity index (χ4n) is 4.31. The lowest BCUT2D eigenvalue weighted by Gasteiger charge is -2.32. The van der Waals surface area contributed by atoms with Gasteiger partial charge in [0.2, 0.25) is 0 Å². The van der Waals surface area contributed by atoms with E-state index in [9.17, 15) is 4.79 Å². The number of hydrogen-bond donors (Lipinski definition) is 1. The Bertz CT molecular complexity index is 838. The summed E-state index contributed by atoms with van der Waals surface area (Å²) in [7, 11) is 0. The molecule has 2 saturated heterocycles. The van der Waals surface area contributed by atoms with E-state index in [1.54, 1.807) is 0 Å². The molecule has 0 spiro atoms. The Labute approximate surface area is 152 Å². The first-order valence-corrected chi connectivity index (χ1v) is 9.71. The van der Waals surface area contributed by atoms with Gasteiger partial charge in [-0.15, -0.1) is 0 Å². The second kappa shape index (κ2) is 6.32. The first-order valence-electron chi connectivity index (χ1n) is 9.71. The molecule has 1 atom stereocenters. The monoisotopic (exact) mass is 355 g/mol. The van der Waals surface area contributed by atoms with Crippen molar-refractivity contribution in [1.82, 2.24) is 25.3 Å². The van der Waals surface area contributed by atoms with Gasteiger partial charge < -0.3 is 14.7 Å². The zero-order chi connectivity index (χ0) is 17.7. The maximum Gasteiger partial charge on any atom is 0.259 e. The van der Waals surface area contributed by atoms with Crippen LogP contribution in [0.2, 0.25) is 0 Å². The minimum Gasteiger partial charge on any atom is -0.337 e. The van der Waals surface area contributed by atoms with Crippen LogP contribution in [0.5, 0.6) is 0 Å². The van der Waals surface area contributed by atoms with Gasteiger partial charge in [0, 0.05) is 56.9 Å². The summed E-state index contributed by atoms with van der Waals surface area (Å²) < 4.78 is 5.39. The number of nitrogens with one attached hydrogen (secondary N) is 1. The van der Waals surface area contributed by atoms with Crippen LogP contribution in [0.4, 0.5) is 0 Å². The smallest absolute Gasteiger partial charge is 0.259 e. The molecule has 2 aliphatic heterocycles. The molecular weight excluding hydrogens is 330 g/mol. The van der Waals surface area contributed by atoms with Crippen molar-refractivity contribution in [1.29, 1.82) is 0 Å². The molecule has 0 radical (unpaired) electrons. The average molecular weight is 355 g/mol. The van der Waals surface area contributed by atoms with Crippen LogP contribution in [0.25, 0.3) is 11.1 Å². The number of nitrogens with zero attached hydrogens (tertiary/aromatic N) is 4. The van der Waals surface area contributed by atoms with Gasteiger partial charge in [-0.05, 0) is 32.3 Å². The van der Waals surface area contributed by atoms with Crippen LogP contribution >= 0.6 is 0 Å². The van der Waals surface area contributed by atoms with Gasteiger partial charge in [0.1, 0.15) is 0 Å². The largest absolute Gasteiger partial charge is 0.337 e. The molecule has 5 rings (SSSR count). The maximum absolute atomic E-state index is 13.3. The Morgan fingerprint density at radius 3 is 2.81 bits per heavy atom.